The monoisotopic (exact) mass is 603 g/mol. The molecular weight excluding hydrogens is 571 g/mol. The third kappa shape index (κ3) is 7.05. The normalized spacial score (nSPS) is 31.0. The van der Waals surface area contributed by atoms with Crippen molar-refractivity contribution in [2.24, 2.45) is 28.7 Å². The minimum atomic E-state index is -1.34. The van der Waals surface area contributed by atoms with Crippen LogP contribution in [-0.4, -0.2) is 72.2 Å². The fourth-order valence-electron chi connectivity index (χ4n) is 4.52. The second kappa shape index (κ2) is 12.5. The molecule has 0 aromatic heterocycles. The zero-order valence-corrected chi connectivity index (χ0v) is 22.2. The van der Waals surface area contributed by atoms with Crippen LogP contribution in [0.1, 0.15) is 26.7 Å². The first-order valence-corrected chi connectivity index (χ1v) is 14.9. The maximum absolute atomic E-state index is 12.0. The van der Waals surface area contributed by atoms with Crippen molar-refractivity contribution >= 4 is 29.3 Å². The number of aliphatic hydroxyl groups excluding tert-OH is 2. The van der Waals surface area contributed by atoms with Crippen molar-refractivity contribution in [3.8, 4) is 0 Å². The average Bonchev–Trinajstić information content (AvgIpc) is 3.55. The van der Waals surface area contributed by atoms with E-state index >= 15 is 0 Å². The number of nitrogens with zero attached hydrogens (tertiary/aromatic N) is 1. The Morgan fingerprint density at radius 2 is 2.18 bits per heavy atom. The number of hydrogen-bond acceptors (Lipinski definition) is 7. The molecule has 2 aliphatic carbocycles. The number of fused-ring (bicyclic) bond motifs is 1. The molecule has 3 aliphatic rings. The third-order valence-electron chi connectivity index (χ3n) is 6.53. The van der Waals surface area contributed by atoms with Gasteiger partial charge in [-0.25, -0.2) is 4.79 Å². The Bertz CT molecular complexity index is 913. The molecule has 0 radical (unpaired) electrons. The quantitative estimate of drug-likeness (QED) is 0.104. The summed E-state index contributed by atoms with van der Waals surface area (Å²) in [5, 5.41) is 34.5. The van der Waals surface area contributed by atoms with E-state index in [-0.39, 0.29) is 52.2 Å². The van der Waals surface area contributed by atoms with E-state index in [0.717, 1.165) is 26.5 Å². The van der Waals surface area contributed by atoms with Gasteiger partial charge in [0.25, 0.3) is 0 Å². The van der Waals surface area contributed by atoms with Crippen LogP contribution in [-0.2, 0) is 14.3 Å². The van der Waals surface area contributed by atoms with E-state index in [2.05, 4.69) is 21.5 Å². The number of thiocarbonyl (C=S) groups is 1. The number of hydrogen-bond donors (Lipinski definition) is 4. The van der Waals surface area contributed by atoms with Crippen molar-refractivity contribution in [3.05, 3.63) is 35.6 Å². The van der Waals surface area contributed by atoms with Crippen molar-refractivity contribution in [2.45, 2.75) is 51.0 Å². The molecule has 0 aromatic rings. The zero-order valence-electron chi connectivity index (χ0n) is 19.3. The van der Waals surface area contributed by atoms with Gasteiger partial charge < -0.3 is 10.2 Å². The zero-order chi connectivity index (χ0) is 24.8. The van der Waals surface area contributed by atoms with E-state index in [1.807, 2.05) is 25.2 Å². The molecule has 34 heavy (non-hydrogen) atoms. The van der Waals surface area contributed by atoms with E-state index in [1.54, 1.807) is 0 Å². The summed E-state index contributed by atoms with van der Waals surface area (Å²) in [5.74, 6) is -0.724. The molecule has 0 aromatic carbocycles. The van der Waals surface area contributed by atoms with Gasteiger partial charge in [0, 0.05) is 0 Å². The topological polar surface area (TPSA) is 128 Å². The van der Waals surface area contributed by atoms with Gasteiger partial charge in [0.2, 0.25) is 0 Å². The summed E-state index contributed by atoms with van der Waals surface area (Å²) in [5.41, 5.74) is 1.95. The minimum Gasteiger partial charge on any atom is -0.480 e. The average molecular weight is 603 g/mol. The van der Waals surface area contributed by atoms with E-state index in [1.165, 1.54) is 6.92 Å². The fraction of sp³-hybridized carbons (Fsp3) is 0.625. The first-order valence-electron chi connectivity index (χ1n) is 11.4. The van der Waals surface area contributed by atoms with Gasteiger partial charge in [-0.15, -0.1) is 0 Å². The molecule has 1 saturated carbocycles. The van der Waals surface area contributed by atoms with E-state index in [4.69, 9.17) is 22.1 Å². The molecule has 0 spiro atoms. The first-order chi connectivity index (χ1) is 16.2. The molecule has 188 valence electrons. The molecule has 0 saturated heterocycles. The Morgan fingerprint density at radius 1 is 1.41 bits per heavy atom. The molecule has 0 bridgehead atoms. The maximum atomic E-state index is 12.0. The Kier molecular flexibility index (Phi) is 9.99. The van der Waals surface area contributed by atoms with E-state index in [9.17, 15) is 19.8 Å². The van der Waals surface area contributed by atoms with Gasteiger partial charge in [-0.3, -0.25) is 0 Å². The number of rotatable bonds is 10. The molecule has 10 heteroatoms. The summed E-state index contributed by atoms with van der Waals surface area (Å²) in [6.45, 7) is 3.44. The van der Waals surface area contributed by atoms with Crippen LogP contribution >= 0.6 is 12.2 Å². The van der Waals surface area contributed by atoms with Crippen LogP contribution in [0.4, 0.5) is 0 Å². The van der Waals surface area contributed by atoms with Crippen LogP contribution in [0.25, 0.3) is 0 Å². The molecule has 1 amide bonds. The van der Waals surface area contributed by atoms with Crippen LogP contribution in [0.3, 0.4) is 0 Å². The van der Waals surface area contributed by atoms with Crippen molar-refractivity contribution < 1.29 is 50.9 Å². The Morgan fingerprint density at radius 3 is 2.82 bits per heavy atom. The third-order valence-corrected chi connectivity index (χ3v) is 9.32. The molecule has 5 unspecified atom stereocenters. The smallest absolute Gasteiger partial charge is 0.328 e. The van der Waals surface area contributed by atoms with Crippen LogP contribution in [0, 0.1) is 23.7 Å². The van der Waals surface area contributed by atoms with Crippen LogP contribution in [0.15, 0.2) is 40.6 Å². The molecule has 3 rings (SSSR count). The Balaban J connectivity index is 1.50. The number of ether oxygens (including phenoxy) is 1. The standard InChI is InChI=1S/C24H32IN2O6S/c1-13-9-15(23(30)18-11-25-7-5-19(26-12-34)17-10-16(17)18)3-4-20(13)33-8-6-21(29)27-22(14(2)28)24(31)32/h3-5,9,13-14,16-18,20,22-23,28,30H,6-8,10-11H2,1-2H3,(H,27,29)(H,31,32)/q-1/t13-,14?,16?,17+,18?,20+,22?,23?/m1/s1. The number of carbonyl (C=O) groups excluding carboxylic acids is 1. The number of aliphatic hydroxyl groups is 2. The first kappa shape index (κ1) is 27.2. The number of isothiocyanates is 1. The SMILES string of the molecule is CC(O)C(NC(=O)CCO[C@H]1C=CC(C(O)C2C[I-]CC=C(N=C=S)[C@H]3CC23)=C[C@H]1C)C(=O)O. The number of aliphatic carboxylic acids is 1. The van der Waals surface area contributed by atoms with Crippen molar-refractivity contribution in [1.82, 2.24) is 5.32 Å². The fourth-order valence-corrected chi connectivity index (χ4v) is 7.61. The number of alkyl halides is 2. The number of allylic oxidation sites excluding steroid dienone is 2. The van der Waals surface area contributed by atoms with Crippen molar-refractivity contribution in [2.75, 3.05) is 15.5 Å². The summed E-state index contributed by atoms with van der Waals surface area (Å²) in [6, 6.07) is -1.34. The molecule has 8 atom stereocenters. The predicted octanol–water partition coefficient (Wildman–Crippen LogP) is -1.45. The van der Waals surface area contributed by atoms with E-state index < -0.39 is 30.1 Å². The summed E-state index contributed by atoms with van der Waals surface area (Å²) in [4.78, 5) is 27.4. The maximum Gasteiger partial charge on any atom is 0.328 e. The molecular formula is C24H32IN2O6S-. The predicted molar refractivity (Wildman–Crippen MR) is 126 cm³/mol. The van der Waals surface area contributed by atoms with Gasteiger partial charge >= 0.3 is 182 Å². The molecule has 1 aliphatic heterocycles. The van der Waals surface area contributed by atoms with Crippen LogP contribution in [0.2, 0.25) is 0 Å². The summed E-state index contributed by atoms with van der Waals surface area (Å²) in [7, 11) is 0. The number of carbonyl (C=O) groups is 2. The summed E-state index contributed by atoms with van der Waals surface area (Å²) >= 11 is 4.75. The Hall–Kier alpha value is -1.43. The van der Waals surface area contributed by atoms with Gasteiger partial charge in [0.1, 0.15) is 0 Å². The number of carboxylic acid groups (broad SMARTS) is 1. The summed E-state index contributed by atoms with van der Waals surface area (Å²) < 4.78 is 7.95. The molecule has 1 heterocycles. The van der Waals surface area contributed by atoms with Gasteiger partial charge in [-0.1, -0.05) is 0 Å². The second-order valence-corrected chi connectivity index (χ2v) is 12.1. The minimum absolute atomic E-state index is 0.0123. The Labute approximate surface area is 215 Å². The second-order valence-electron chi connectivity index (χ2n) is 9.04. The molecule has 8 nitrogen and oxygen atoms in total. The molecule has 1 fully saturated rings. The number of nitrogens with one attached hydrogen (secondary N) is 1. The van der Waals surface area contributed by atoms with Crippen molar-refractivity contribution in [1.29, 1.82) is 0 Å². The van der Waals surface area contributed by atoms with E-state index in [0.29, 0.717) is 11.8 Å². The van der Waals surface area contributed by atoms with Gasteiger partial charge in [0.05, 0.1) is 6.10 Å². The largest absolute Gasteiger partial charge is 0.480 e. The number of amides is 1. The van der Waals surface area contributed by atoms with Crippen LogP contribution in [0.5, 0.6) is 0 Å². The summed E-state index contributed by atoms with van der Waals surface area (Å²) in [6.07, 6.45) is 7.16. The van der Waals surface area contributed by atoms with Crippen LogP contribution < -0.4 is 26.5 Å². The number of aliphatic imine (C=N–C) groups is 1. The van der Waals surface area contributed by atoms with Gasteiger partial charge in [0.15, 0.2) is 6.04 Å². The number of carboxylic acids is 1. The molecule has 4 N–H and O–H groups in total. The number of halogens is 1. The van der Waals surface area contributed by atoms with Gasteiger partial charge in [-0.05, 0) is 6.92 Å². The van der Waals surface area contributed by atoms with Gasteiger partial charge in [-0.2, -0.15) is 0 Å². The van der Waals surface area contributed by atoms with Crippen molar-refractivity contribution in [3.63, 3.8) is 0 Å².